The van der Waals surface area contributed by atoms with E-state index in [2.05, 4.69) is 104 Å². The highest BCUT2D eigenvalue weighted by Gasteiger charge is 2.14. The van der Waals surface area contributed by atoms with Crippen molar-refractivity contribution in [3.63, 3.8) is 0 Å². The Hall–Kier alpha value is -2.28. The van der Waals surface area contributed by atoms with Crippen LogP contribution < -0.4 is 0 Å². The molecule has 29 heavy (non-hydrogen) atoms. The fraction of sp³-hybridized carbons (Fsp3) is 0.429. The Morgan fingerprint density at radius 2 is 0.724 bits per heavy atom. The summed E-state index contributed by atoms with van der Waals surface area (Å²) in [7, 11) is 0. The maximum absolute atomic E-state index is 6.39. The van der Waals surface area contributed by atoms with Gasteiger partial charge in [0.15, 0.2) is 0 Å². The first-order valence-electron chi connectivity index (χ1n) is 11.1. The van der Waals surface area contributed by atoms with Crippen LogP contribution in [-0.4, -0.2) is 0 Å². The summed E-state index contributed by atoms with van der Waals surface area (Å²) in [5, 5.41) is 0. The summed E-state index contributed by atoms with van der Waals surface area (Å²) in [6.45, 7) is 18.0. The second kappa shape index (κ2) is 8.61. The number of hydrogen-bond acceptors (Lipinski definition) is 1. The molecule has 0 aliphatic carbocycles. The van der Waals surface area contributed by atoms with E-state index in [0.29, 0.717) is 23.7 Å². The van der Waals surface area contributed by atoms with Crippen molar-refractivity contribution in [1.82, 2.24) is 0 Å². The molecule has 0 aliphatic heterocycles. The summed E-state index contributed by atoms with van der Waals surface area (Å²) >= 11 is 0. The molecule has 1 heteroatoms. The van der Waals surface area contributed by atoms with E-state index in [1.165, 1.54) is 33.4 Å². The van der Waals surface area contributed by atoms with Gasteiger partial charge in [-0.3, -0.25) is 0 Å². The van der Waals surface area contributed by atoms with Gasteiger partial charge in [-0.05, 0) is 82.3 Å². The Bertz CT molecular complexity index is 839. The van der Waals surface area contributed by atoms with Crippen LogP contribution in [0.5, 0.6) is 0 Å². The largest absolute Gasteiger partial charge is 0.456 e. The van der Waals surface area contributed by atoms with Crippen LogP contribution in [-0.2, 0) is 0 Å². The molecule has 0 unspecified atom stereocenters. The molecule has 1 heterocycles. The highest BCUT2D eigenvalue weighted by molar-refractivity contribution is 5.67. The summed E-state index contributed by atoms with van der Waals surface area (Å²) in [6, 6.07) is 18.0. The zero-order chi connectivity index (χ0) is 21.3. The van der Waals surface area contributed by atoms with E-state index in [1.54, 1.807) is 0 Å². The van der Waals surface area contributed by atoms with Crippen molar-refractivity contribution in [3.8, 4) is 22.6 Å². The minimum absolute atomic E-state index is 0.498. The van der Waals surface area contributed by atoms with E-state index in [0.717, 1.165) is 11.5 Å². The van der Waals surface area contributed by atoms with Crippen molar-refractivity contribution in [1.29, 1.82) is 0 Å². The van der Waals surface area contributed by atoms with Gasteiger partial charge in [-0.2, -0.15) is 0 Å². The van der Waals surface area contributed by atoms with E-state index < -0.39 is 0 Å². The fourth-order valence-corrected chi connectivity index (χ4v) is 3.62. The Labute approximate surface area is 177 Å². The summed E-state index contributed by atoms with van der Waals surface area (Å²) in [5.74, 6) is 3.89. The van der Waals surface area contributed by atoms with Crippen LogP contribution in [0.25, 0.3) is 22.6 Å². The fourth-order valence-electron chi connectivity index (χ4n) is 3.62. The number of furan rings is 1. The van der Waals surface area contributed by atoms with E-state index in [1.807, 2.05) is 0 Å². The summed E-state index contributed by atoms with van der Waals surface area (Å²) < 4.78 is 6.39. The van der Waals surface area contributed by atoms with E-state index in [9.17, 15) is 0 Å². The maximum Gasteiger partial charge on any atom is 0.134 e. The van der Waals surface area contributed by atoms with Gasteiger partial charge in [-0.1, -0.05) is 67.5 Å². The van der Waals surface area contributed by atoms with Gasteiger partial charge in [-0.15, -0.1) is 0 Å². The predicted molar refractivity (Wildman–Crippen MR) is 126 cm³/mol. The van der Waals surface area contributed by atoms with E-state index >= 15 is 0 Å². The molecule has 0 saturated heterocycles. The third-order valence-electron chi connectivity index (χ3n) is 5.80. The van der Waals surface area contributed by atoms with Crippen molar-refractivity contribution in [2.75, 3.05) is 0 Å². The summed E-state index contributed by atoms with van der Waals surface area (Å²) in [5.41, 5.74) is 7.83. The molecule has 0 N–H and O–H groups in total. The standard InChI is InChI=1S/C28H36O/c1-17(2)21-11-22(18(3)4)14-25(13-21)27-9-10-28(29-27)26-15-23(19(5)6)12-24(16-26)20(7)8/h9-20H,1-8H3. The Balaban J connectivity index is 2.06. The Kier molecular flexibility index (Phi) is 6.36. The second-order valence-corrected chi connectivity index (χ2v) is 9.56. The van der Waals surface area contributed by atoms with Gasteiger partial charge in [0.25, 0.3) is 0 Å². The van der Waals surface area contributed by atoms with Crippen LogP contribution >= 0.6 is 0 Å². The number of benzene rings is 2. The van der Waals surface area contributed by atoms with Gasteiger partial charge in [0.1, 0.15) is 11.5 Å². The molecule has 0 fully saturated rings. The average Bonchev–Trinajstić information content (AvgIpc) is 3.17. The molecule has 0 radical (unpaired) electrons. The smallest absolute Gasteiger partial charge is 0.134 e. The molecule has 1 aromatic heterocycles. The first kappa shape index (κ1) is 21.4. The third kappa shape index (κ3) is 4.83. The van der Waals surface area contributed by atoms with E-state index in [-0.39, 0.29) is 0 Å². The molecule has 0 spiro atoms. The molecular weight excluding hydrogens is 352 g/mol. The maximum atomic E-state index is 6.39. The van der Waals surface area contributed by atoms with Crippen LogP contribution in [0.3, 0.4) is 0 Å². The van der Waals surface area contributed by atoms with Crippen molar-refractivity contribution in [2.45, 2.75) is 79.1 Å². The van der Waals surface area contributed by atoms with Gasteiger partial charge in [0.05, 0.1) is 0 Å². The first-order chi connectivity index (χ1) is 13.7. The molecule has 3 rings (SSSR count). The van der Waals surface area contributed by atoms with Crippen LogP contribution in [0.4, 0.5) is 0 Å². The molecule has 2 aromatic carbocycles. The van der Waals surface area contributed by atoms with Gasteiger partial charge >= 0.3 is 0 Å². The van der Waals surface area contributed by atoms with E-state index in [4.69, 9.17) is 4.42 Å². The van der Waals surface area contributed by atoms with Gasteiger partial charge in [-0.25, -0.2) is 0 Å². The van der Waals surface area contributed by atoms with Gasteiger partial charge in [0.2, 0.25) is 0 Å². The molecule has 0 amide bonds. The lowest BCUT2D eigenvalue weighted by Crippen LogP contribution is -1.95. The van der Waals surface area contributed by atoms with Crippen molar-refractivity contribution < 1.29 is 4.42 Å². The average molecular weight is 389 g/mol. The lowest BCUT2D eigenvalue weighted by molar-refractivity contribution is 0.596. The van der Waals surface area contributed by atoms with Crippen LogP contribution in [0.1, 0.15) is 101 Å². The quantitative estimate of drug-likeness (QED) is 0.410. The molecule has 3 aromatic rings. The monoisotopic (exact) mass is 388 g/mol. The van der Waals surface area contributed by atoms with Crippen molar-refractivity contribution >= 4 is 0 Å². The Morgan fingerprint density at radius 1 is 0.448 bits per heavy atom. The van der Waals surface area contributed by atoms with Gasteiger partial charge < -0.3 is 4.42 Å². The van der Waals surface area contributed by atoms with Crippen LogP contribution in [0, 0.1) is 0 Å². The minimum Gasteiger partial charge on any atom is -0.456 e. The van der Waals surface area contributed by atoms with Crippen molar-refractivity contribution in [3.05, 3.63) is 70.8 Å². The molecule has 0 aliphatic rings. The minimum atomic E-state index is 0.498. The second-order valence-electron chi connectivity index (χ2n) is 9.56. The van der Waals surface area contributed by atoms with Crippen LogP contribution in [0.2, 0.25) is 0 Å². The highest BCUT2D eigenvalue weighted by atomic mass is 16.3. The third-order valence-corrected chi connectivity index (χ3v) is 5.80. The lowest BCUT2D eigenvalue weighted by atomic mass is 9.92. The number of hydrogen-bond donors (Lipinski definition) is 0. The van der Waals surface area contributed by atoms with Crippen LogP contribution in [0.15, 0.2) is 52.9 Å². The number of rotatable bonds is 6. The molecule has 0 saturated carbocycles. The molecular formula is C28H36O. The lowest BCUT2D eigenvalue weighted by Gasteiger charge is -2.14. The predicted octanol–water partition coefficient (Wildman–Crippen LogP) is 9.11. The van der Waals surface area contributed by atoms with Gasteiger partial charge in [0, 0.05) is 11.1 Å². The molecule has 1 nitrogen and oxygen atoms in total. The molecule has 0 bridgehead atoms. The summed E-state index contributed by atoms with van der Waals surface area (Å²) in [4.78, 5) is 0. The highest BCUT2D eigenvalue weighted by Crippen LogP contribution is 2.35. The zero-order valence-corrected chi connectivity index (χ0v) is 19.3. The normalized spacial score (nSPS) is 12.0. The zero-order valence-electron chi connectivity index (χ0n) is 19.3. The SMILES string of the molecule is CC(C)c1cc(-c2ccc(-c3cc(C(C)C)cc(C(C)C)c3)o2)cc(C(C)C)c1. The Morgan fingerprint density at radius 3 is 0.966 bits per heavy atom. The molecule has 0 atom stereocenters. The summed E-state index contributed by atoms with van der Waals surface area (Å²) in [6.07, 6.45) is 0. The first-order valence-corrected chi connectivity index (χ1v) is 11.1. The van der Waals surface area contributed by atoms with Crippen molar-refractivity contribution in [2.24, 2.45) is 0 Å². The molecule has 154 valence electrons. The topological polar surface area (TPSA) is 13.1 Å².